The quantitative estimate of drug-likeness (QED) is 0.441. The number of rotatable bonds is 2. The molecule has 0 aromatic carbocycles. The zero-order valence-electron chi connectivity index (χ0n) is 15.2. The molecule has 6 nitrogen and oxygen atoms in total. The molecule has 2 N–H and O–H groups in total. The number of hydrogen-bond donors (Lipinski definition) is 2. The van der Waals surface area contributed by atoms with Gasteiger partial charge >= 0.3 is 11.9 Å². The van der Waals surface area contributed by atoms with Crippen molar-refractivity contribution in [3.8, 4) is 0 Å². The third-order valence-corrected chi connectivity index (χ3v) is 5.84. The molecule has 1 heterocycles. The maximum Gasteiger partial charge on any atom is 0.334 e. The zero-order valence-corrected chi connectivity index (χ0v) is 15.2. The second kappa shape index (κ2) is 6.21. The van der Waals surface area contributed by atoms with Crippen LogP contribution in [0.5, 0.6) is 0 Å². The van der Waals surface area contributed by atoms with Gasteiger partial charge < -0.3 is 19.7 Å². The van der Waals surface area contributed by atoms with Crippen molar-refractivity contribution in [2.75, 3.05) is 0 Å². The third-order valence-electron chi connectivity index (χ3n) is 5.84. The molecule has 6 atom stereocenters. The van der Waals surface area contributed by atoms with Crippen molar-refractivity contribution in [2.45, 2.75) is 51.1 Å². The Hall–Kier alpha value is -2.18. The van der Waals surface area contributed by atoms with E-state index >= 15 is 0 Å². The molecule has 1 saturated carbocycles. The standard InChI is InChI=1S/C20H24O6/c1-6-9(2)18(22)25-14-7-10(3)16-13(21)8-11(4)20(16,24)17-15(14)12(5)19(23)26-17/h6,8,13-17,21,24H,3,5,7H2,1-2,4H3/b9-6-/t13-,14-,15-,16-,17+,20-/m1/s1. The molecule has 0 unspecified atom stereocenters. The lowest BCUT2D eigenvalue weighted by molar-refractivity contribution is -0.159. The number of esters is 2. The van der Waals surface area contributed by atoms with Crippen LogP contribution in [0.4, 0.5) is 0 Å². The highest BCUT2D eigenvalue weighted by Gasteiger charge is 2.64. The molecule has 1 aliphatic heterocycles. The van der Waals surface area contributed by atoms with Gasteiger partial charge in [-0.1, -0.05) is 30.9 Å². The van der Waals surface area contributed by atoms with Gasteiger partial charge in [0.2, 0.25) is 0 Å². The van der Waals surface area contributed by atoms with E-state index in [1.807, 2.05) is 0 Å². The van der Waals surface area contributed by atoms with E-state index in [0.717, 1.165) is 0 Å². The smallest absolute Gasteiger partial charge is 0.334 e. The maximum atomic E-state index is 12.3. The van der Waals surface area contributed by atoms with Crippen LogP contribution in [0.15, 0.2) is 47.6 Å². The molecule has 0 bridgehead atoms. The Bertz CT molecular complexity index is 760. The molecule has 0 amide bonds. The largest absolute Gasteiger partial charge is 0.458 e. The molecule has 2 fully saturated rings. The lowest BCUT2D eigenvalue weighted by Gasteiger charge is -2.38. The lowest BCUT2D eigenvalue weighted by Crippen LogP contribution is -2.52. The number of aliphatic hydroxyl groups is 2. The van der Waals surface area contributed by atoms with Gasteiger partial charge in [-0.2, -0.15) is 0 Å². The van der Waals surface area contributed by atoms with E-state index in [-0.39, 0.29) is 12.0 Å². The molecule has 140 valence electrons. The van der Waals surface area contributed by atoms with Crippen molar-refractivity contribution in [1.82, 2.24) is 0 Å². The zero-order chi connectivity index (χ0) is 19.4. The average Bonchev–Trinajstić information content (AvgIpc) is 2.96. The number of carbonyl (C=O) groups excluding carboxylic acids is 2. The Kier molecular flexibility index (Phi) is 4.45. The monoisotopic (exact) mass is 360 g/mol. The summed E-state index contributed by atoms with van der Waals surface area (Å²) in [6.45, 7) is 12.8. The fourth-order valence-electron chi connectivity index (χ4n) is 4.29. The minimum Gasteiger partial charge on any atom is -0.458 e. The minimum absolute atomic E-state index is 0.155. The first-order valence-electron chi connectivity index (χ1n) is 8.63. The van der Waals surface area contributed by atoms with Crippen LogP contribution in [0.2, 0.25) is 0 Å². The maximum absolute atomic E-state index is 12.3. The number of allylic oxidation sites excluding steroid dienone is 1. The normalized spacial score (nSPS) is 39.7. The van der Waals surface area contributed by atoms with E-state index in [0.29, 0.717) is 16.7 Å². The van der Waals surface area contributed by atoms with Gasteiger partial charge in [0, 0.05) is 23.5 Å². The first-order chi connectivity index (χ1) is 12.1. The molecule has 2 aliphatic carbocycles. The van der Waals surface area contributed by atoms with Crippen molar-refractivity contribution < 1.29 is 29.3 Å². The Morgan fingerprint density at radius 2 is 2.12 bits per heavy atom. The topological polar surface area (TPSA) is 93.1 Å². The summed E-state index contributed by atoms with van der Waals surface area (Å²) in [5, 5.41) is 21.9. The van der Waals surface area contributed by atoms with Crippen LogP contribution in [0.1, 0.15) is 27.2 Å². The Balaban J connectivity index is 2.06. The summed E-state index contributed by atoms with van der Waals surface area (Å²) in [5.41, 5.74) is 0.0318. The van der Waals surface area contributed by atoms with E-state index in [4.69, 9.17) is 9.47 Å². The number of fused-ring (bicyclic) bond motifs is 3. The van der Waals surface area contributed by atoms with Gasteiger partial charge in [0.1, 0.15) is 17.8 Å². The van der Waals surface area contributed by atoms with Crippen molar-refractivity contribution in [3.05, 3.63) is 47.6 Å². The number of hydrogen-bond acceptors (Lipinski definition) is 6. The summed E-state index contributed by atoms with van der Waals surface area (Å²) in [7, 11) is 0. The van der Waals surface area contributed by atoms with Crippen LogP contribution in [0, 0.1) is 11.8 Å². The van der Waals surface area contributed by atoms with Crippen molar-refractivity contribution in [2.24, 2.45) is 11.8 Å². The van der Waals surface area contributed by atoms with Crippen molar-refractivity contribution in [1.29, 1.82) is 0 Å². The number of aliphatic hydroxyl groups excluding tert-OH is 1. The Labute approximate surface area is 152 Å². The Morgan fingerprint density at radius 1 is 1.46 bits per heavy atom. The fraction of sp³-hybridized carbons (Fsp3) is 0.500. The summed E-state index contributed by atoms with van der Waals surface area (Å²) in [6.07, 6.45) is 0.679. The SMILES string of the molecule is C=C1C(=O)O[C@H]2[C@H]1[C@H](OC(=O)/C(C)=C\C)CC(=C)[C@@H]1[C@H](O)C=C(C)[C@@]12O. The van der Waals surface area contributed by atoms with Gasteiger partial charge in [-0.05, 0) is 26.3 Å². The second-order valence-corrected chi connectivity index (χ2v) is 7.30. The minimum atomic E-state index is -1.60. The molecule has 0 aromatic heterocycles. The van der Waals surface area contributed by atoms with Gasteiger partial charge in [-0.15, -0.1) is 0 Å². The molecule has 0 aromatic rings. The van der Waals surface area contributed by atoms with Crippen molar-refractivity contribution in [3.63, 3.8) is 0 Å². The van der Waals surface area contributed by atoms with E-state index in [1.165, 1.54) is 0 Å². The highest BCUT2D eigenvalue weighted by Crippen LogP contribution is 2.53. The van der Waals surface area contributed by atoms with Crippen LogP contribution in [-0.2, 0) is 19.1 Å². The average molecular weight is 360 g/mol. The molecular formula is C20H24O6. The highest BCUT2D eigenvalue weighted by molar-refractivity contribution is 5.92. The summed E-state index contributed by atoms with van der Waals surface area (Å²) in [6, 6.07) is 0. The summed E-state index contributed by atoms with van der Waals surface area (Å²) in [4.78, 5) is 24.5. The second-order valence-electron chi connectivity index (χ2n) is 7.30. The van der Waals surface area contributed by atoms with Crippen LogP contribution in [-0.4, -0.2) is 46.1 Å². The van der Waals surface area contributed by atoms with Gasteiger partial charge in [0.25, 0.3) is 0 Å². The molecule has 3 rings (SSSR count). The first-order valence-corrected chi connectivity index (χ1v) is 8.63. The molecule has 1 saturated heterocycles. The van der Waals surface area contributed by atoms with Crippen LogP contribution in [0.25, 0.3) is 0 Å². The van der Waals surface area contributed by atoms with Gasteiger partial charge in [0.05, 0.1) is 12.0 Å². The molecular weight excluding hydrogens is 336 g/mol. The summed E-state index contributed by atoms with van der Waals surface area (Å²) in [5.74, 6) is -2.59. The van der Waals surface area contributed by atoms with E-state index in [2.05, 4.69) is 13.2 Å². The van der Waals surface area contributed by atoms with Crippen molar-refractivity contribution >= 4 is 11.9 Å². The van der Waals surface area contributed by atoms with Gasteiger partial charge in [-0.3, -0.25) is 0 Å². The van der Waals surface area contributed by atoms with E-state index in [1.54, 1.807) is 32.9 Å². The first kappa shape index (κ1) is 18.6. The van der Waals surface area contributed by atoms with Gasteiger partial charge in [-0.25, -0.2) is 9.59 Å². The number of ether oxygens (including phenoxy) is 2. The third kappa shape index (κ3) is 2.47. The van der Waals surface area contributed by atoms with E-state index < -0.39 is 47.7 Å². The molecule has 0 radical (unpaired) electrons. The molecule has 6 heteroatoms. The molecule has 3 aliphatic rings. The van der Waals surface area contributed by atoms with E-state index in [9.17, 15) is 19.8 Å². The molecule has 26 heavy (non-hydrogen) atoms. The van der Waals surface area contributed by atoms with Crippen LogP contribution >= 0.6 is 0 Å². The summed E-state index contributed by atoms with van der Waals surface area (Å²) >= 11 is 0. The number of carbonyl (C=O) groups is 2. The predicted molar refractivity (Wildman–Crippen MR) is 93.8 cm³/mol. The van der Waals surface area contributed by atoms with Crippen LogP contribution < -0.4 is 0 Å². The highest BCUT2D eigenvalue weighted by atomic mass is 16.6. The fourth-order valence-corrected chi connectivity index (χ4v) is 4.29. The van der Waals surface area contributed by atoms with Crippen LogP contribution in [0.3, 0.4) is 0 Å². The lowest BCUT2D eigenvalue weighted by atomic mass is 9.75. The van der Waals surface area contributed by atoms with Gasteiger partial charge in [0.15, 0.2) is 0 Å². The Morgan fingerprint density at radius 3 is 2.73 bits per heavy atom. The molecule has 0 spiro atoms. The summed E-state index contributed by atoms with van der Waals surface area (Å²) < 4.78 is 11.1. The predicted octanol–water partition coefficient (Wildman–Crippen LogP) is 1.59.